The molecule has 0 atom stereocenters. The summed E-state index contributed by atoms with van der Waals surface area (Å²) in [5.41, 5.74) is 6.98. The van der Waals surface area contributed by atoms with Crippen molar-refractivity contribution in [1.29, 1.82) is 0 Å². The van der Waals surface area contributed by atoms with Crippen molar-refractivity contribution >= 4 is 11.6 Å². The van der Waals surface area contributed by atoms with Crippen LogP contribution in [-0.4, -0.2) is 24.1 Å². The molecule has 0 amide bonds. The summed E-state index contributed by atoms with van der Waals surface area (Å²) in [4.78, 5) is 10.9. The number of ether oxygens (including phenoxy) is 1. The van der Waals surface area contributed by atoms with Crippen LogP contribution in [0.25, 0.3) is 0 Å². The zero-order chi connectivity index (χ0) is 15.4. The predicted octanol–water partition coefficient (Wildman–Crippen LogP) is 2.83. The van der Waals surface area contributed by atoms with Gasteiger partial charge < -0.3 is 15.4 Å². The maximum Gasteiger partial charge on any atom is 0.135 e. The van der Waals surface area contributed by atoms with Crippen LogP contribution in [0.15, 0.2) is 30.3 Å². The summed E-state index contributed by atoms with van der Waals surface area (Å²) in [5, 5.41) is 0. The van der Waals surface area contributed by atoms with Gasteiger partial charge in [0.15, 0.2) is 0 Å². The Balaban J connectivity index is 2.26. The first-order chi connectivity index (χ1) is 10.0. The van der Waals surface area contributed by atoms with Crippen LogP contribution in [0.1, 0.15) is 31.2 Å². The number of hydrogen-bond acceptors (Lipinski definition) is 5. The molecule has 0 radical (unpaired) electrons. The fourth-order valence-corrected chi connectivity index (χ4v) is 2.10. The van der Waals surface area contributed by atoms with E-state index in [1.807, 2.05) is 36.2 Å². The fraction of sp³-hybridized carbons (Fsp3) is 0.375. The van der Waals surface area contributed by atoms with Gasteiger partial charge in [-0.25, -0.2) is 9.97 Å². The topological polar surface area (TPSA) is 64.3 Å². The number of anilines is 2. The molecule has 0 aliphatic carbocycles. The molecule has 2 rings (SSSR count). The smallest absolute Gasteiger partial charge is 0.135 e. The highest BCUT2D eigenvalue weighted by Crippen LogP contribution is 2.23. The van der Waals surface area contributed by atoms with Crippen LogP contribution >= 0.6 is 0 Å². The number of para-hydroxylation sites is 1. The Morgan fingerprint density at radius 1 is 1.24 bits per heavy atom. The summed E-state index contributed by atoms with van der Waals surface area (Å²) < 4.78 is 5.38. The fourth-order valence-electron chi connectivity index (χ4n) is 2.10. The molecule has 2 aromatic rings. The van der Waals surface area contributed by atoms with E-state index in [0.717, 1.165) is 23.0 Å². The van der Waals surface area contributed by atoms with Crippen LogP contribution in [0.5, 0.6) is 5.75 Å². The Morgan fingerprint density at radius 2 is 1.95 bits per heavy atom. The molecule has 0 aliphatic heterocycles. The second-order valence-electron chi connectivity index (χ2n) is 5.33. The normalized spacial score (nSPS) is 10.7. The van der Waals surface area contributed by atoms with Crippen LogP contribution in [0.4, 0.5) is 11.6 Å². The number of methoxy groups -OCH3 is 1. The van der Waals surface area contributed by atoms with E-state index in [4.69, 9.17) is 10.5 Å². The van der Waals surface area contributed by atoms with Crippen LogP contribution in [0.2, 0.25) is 0 Å². The molecule has 5 nitrogen and oxygen atoms in total. The molecule has 21 heavy (non-hydrogen) atoms. The van der Waals surface area contributed by atoms with Crippen LogP contribution in [0, 0.1) is 0 Å². The van der Waals surface area contributed by atoms with Gasteiger partial charge in [-0.1, -0.05) is 32.0 Å². The summed E-state index contributed by atoms with van der Waals surface area (Å²) in [6.45, 7) is 4.80. The maximum atomic E-state index is 5.88. The molecule has 0 aliphatic rings. The molecule has 2 N–H and O–H groups in total. The lowest BCUT2D eigenvalue weighted by atomic mass is 10.2. The predicted molar refractivity (Wildman–Crippen MR) is 85.6 cm³/mol. The molecule has 1 aromatic carbocycles. The van der Waals surface area contributed by atoms with Gasteiger partial charge >= 0.3 is 0 Å². The molecule has 1 aromatic heterocycles. The van der Waals surface area contributed by atoms with Gasteiger partial charge in [-0.15, -0.1) is 0 Å². The van der Waals surface area contributed by atoms with E-state index < -0.39 is 0 Å². The first kappa shape index (κ1) is 15.1. The quantitative estimate of drug-likeness (QED) is 0.915. The van der Waals surface area contributed by atoms with Crippen LogP contribution in [0.3, 0.4) is 0 Å². The second kappa shape index (κ2) is 6.43. The van der Waals surface area contributed by atoms with Crippen molar-refractivity contribution in [2.75, 3.05) is 24.8 Å². The van der Waals surface area contributed by atoms with E-state index in [0.29, 0.717) is 12.4 Å². The molecule has 112 valence electrons. The van der Waals surface area contributed by atoms with E-state index in [9.17, 15) is 0 Å². The third kappa shape index (κ3) is 3.62. The van der Waals surface area contributed by atoms with Gasteiger partial charge in [0, 0.05) is 31.1 Å². The van der Waals surface area contributed by atoms with E-state index >= 15 is 0 Å². The number of aromatic nitrogens is 2. The van der Waals surface area contributed by atoms with Crippen molar-refractivity contribution in [3.05, 3.63) is 41.7 Å². The summed E-state index contributed by atoms with van der Waals surface area (Å²) in [5.74, 6) is 3.19. The van der Waals surface area contributed by atoms with Crippen molar-refractivity contribution in [2.24, 2.45) is 0 Å². The lowest BCUT2D eigenvalue weighted by Crippen LogP contribution is -2.19. The Bertz CT molecular complexity index is 613. The molecule has 0 fully saturated rings. The van der Waals surface area contributed by atoms with Crippen molar-refractivity contribution in [1.82, 2.24) is 9.97 Å². The number of nitrogens with two attached hydrogens (primary N) is 1. The largest absolute Gasteiger partial charge is 0.496 e. The minimum atomic E-state index is 0.243. The highest BCUT2D eigenvalue weighted by atomic mass is 16.5. The first-order valence-electron chi connectivity index (χ1n) is 6.98. The molecule has 0 spiro atoms. The standard InChI is InChI=1S/C16H22N4O/c1-11(2)16-18-14(17)9-15(19-16)20(3)10-12-7-5-6-8-13(12)21-4/h5-9,11H,10H2,1-4H3,(H2,17,18,19). The van der Waals surface area contributed by atoms with Crippen LogP contribution in [-0.2, 0) is 6.54 Å². The number of benzene rings is 1. The number of hydrogen-bond donors (Lipinski definition) is 1. The third-order valence-corrected chi connectivity index (χ3v) is 3.26. The molecule has 0 saturated heterocycles. The molecule has 1 heterocycles. The van der Waals surface area contributed by atoms with E-state index in [1.165, 1.54) is 0 Å². The number of nitrogens with zero attached hydrogens (tertiary/aromatic N) is 3. The average molecular weight is 286 g/mol. The van der Waals surface area contributed by atoms with Gasteiger partial charge in [0.05, 0.1) is 7.11 Å². The lowest BCUT2D eigenvalue weighted by Gasteiger charge is -2.21. The number of rotatable bonds is 5. The van der Waals surface area contributed by atoms with Crippen molar-refractivity contribution in [2.45, 2.75) is 26.3 Å². The minimum Gasteiger partial charge on any atom is -0.496 e. The van der Waals surface area contributed by atoms with Gasteiger partial charge in [0.1, 0.15) is 23.2 Å². The van der Waals surface area contributed by atoms with Gasteiger partial charge in [0.2, 0.25) is 0 Å². The van der Waals surface area contributed by atoms with Gasteiger partial charge in [0.25, 0.3) is 0 Å². The minimum absolute atomic E-state index is 0.243. The lowest BCUT2D eigenvalue weighted by molar-refractivity contribution is 0.409. The van der Waals surface area contributed by atoms with Crippen LogP contribution < -0.4 is 15.4 Å². The maximum absolute atomic E-state index is 5.88. The zero-order valence-electron chi connectivity index (χ0n) is 13.0. The first-order valence-corrected chi connectivity index (χ1v) is 6.98. The third-order valence-electron chi connectivity index (χ3n) is 3.26. The Labute approximate surface area is 125 Å². The highest BCUT2D eigenvalue weighted by Gasteiger charge is 2.11. The van der Waals surface area contributed by atoms with E-state index in [2.05, 4.69) is 23.8 Å². The van der Waals surface area contributed by atoms with Gasteiger partial charge in [-0.2, -0.15) is 0 Å². The Hall–Kier alpha value is -2.30. The average Bonchev–Trinajstić information content (AvgIpc) is 2.47. The summed E-state index contributed by atoms with van der Waals surface area (Å²) in [6.07, 6.45) is 0. The molecule has 0 unspecified atom stereocenters. The summed E-state index contributed by atoms with van der Waals surface area (Å²) >= 11 is 0. The molecule has 0 saturated carbocycles. The van der Waals surface area contributed by atoms with E-state index in [-0.39, 0.29) is 5.92 Å². The van der Waals surface area contributed by atoms with Crippen molar-refractivity contribution < 1.29 is 4.74 Å². The van der Waals surface area contributed by atoms with Gasteiger partial charge in [-0.05, 0) is 6.07 Å². The van der Waals surface area contributed by atoms with Crippen molar-refractivity contribution in [3.63, 3.8) is 0 Å². The highest BCUT2D eigenvalue weighted by molar-refractivity contribution is 5.48. The Morgan fingerprint density at radius 3 is 2.62 bits per heavy atom. The zero-order valence-corrected chi connectivity index (χ0v) is 13.0. The summed E-state index contributed by atoms with van der Waals surface area (Å²) in [6, 6.07) is 9.75. The molecule has 5 heteroatoms. The van der Waals surface area contributed by atoms with Gasteiger partial charge in [-0.3, -0.25) is 0 Å². The van der Waals surface area contributed by atoms with Crippen molar-refractivity contribution in [3.8, 4) is 5.75 Å². The molecular formula is C16H22N4O. The Kier molecular flexibility index (Phi) is 4.62. The monoisotopic (exact) mass is 286 g/mol. The summed E-state index contributed by atoms with van der Waals surface area (Å²) in [7, 11) is 3.66. The van der Waals surface area contributed by atoms with E-state index in [1.54, 1.807) is 13.2 Å². The molecular weight excluding hydrogens is 264 g/mol. The second-order valence-corrected chi connectivity index (χ2v) is 5.33. The number of nitrogen functional groups attached to an aromatic ring is 1. The SMILES string of the molecule is COc1ccccc1CN(C)c1cc(N)nc(C(C)C)n1. The molecule has 0 bridgehead atoms.